The quantitative estimate of drug-likeness (QED) is 0.603. The van der Waals surface area contributed by atoms with Crippen molar-refractivity contribution in [3.63, 3.8) is 0 Å². The zero-order valence-electron chi connectivity index (χ0n) is 16.5. The molecule has 0 spiro atoms. The third kappa shape index (κ3) is 3.58. The predicted octanol–water partition coefficient (Wildman–Crippen LogP) is 2.08. The van der Waals surface area contributed by atoms with Crippen molar-refractivity contribution in [2.24, 2.45) is 0 Å². The van der Waals surface area contributed by atoms with E-state index < -0.39 is 12.7 Å². The van der Waals surface area contributed by atoms with Crippen LogP contribution in [0, 0.1) is 20.8 Å². The van der Waals surface area contributed by atoms with Crippen molar-refractivity contribution in [3.05, 3.63) is 57.4 Å². The number of hydrogen-bond donors (Lipinski definition) is 3. The normalized spacial score (nSPS) is 12.2. The van der Waals surface area contributed by atoms with Crippen LogP contribution in [0.4, 0.5) is 5.82 Å². The van der Waals surface area contributed by atoms with E-state index in [4.69, 9.17) is 9.84 Å². The second-order valence-corrected chi connectivity index (χ2v) is 6.83. The average molecular weight is 383 g/mol. The van der Waals surface area contributed by atoms with Gasteiger partial charge in [-0.25, -0.2) is 0 Å². The van der Waals surface area contributed by atoms with Gasteiger partial charge in [0.05, 0.1) is 17.8 Å². The molecule has 0 saturated carbocycles. The number of benzene rings is 1. The fourth-order valence-corrected chi connectivity index (χ4v) is 3.35. The third-order valence-electron chi connectivity index (χ3n) is 4.69. The topological polar surface area (TPSA) is 96.6 Å². The van der Waals surface area contributed by atoms with Gasteiger partial charge >= 0.3 is 0 Å². The summed E-state index contributed by atoms with van der Waals surface area (Å²) in [6.45, 7) is 5.35. The fraction of sp³-hybridized carbons (Fsp3) is 0.333. The molecule has 0 saturated heterocycles. The van der Waals surface area contributed by atoms with Crippen LogP contribution in [-0.2, 0) is 0 Å². The molecule has 0 aliphatic carbocycles. The molecule has 7 heteroatoms. The van der Waals surface area contributed by atoms with Crippen molar-refractivity contribution < 1.29 is 14.9 Å². The monoisotopic (exact) mass is 383 g/mol. The highest BCUT2D eigenvalue weighted by Gasteiger charge is 2.18. The van der Waals surface area contributed by atoms with Crippen LogP contribution in [0.2, 0.25) is 0 Å². The Kier molecular flexibility index (Phi) is 5.67. The number of aliphatic hydroxyl groups excluding tert-OH is 2. The number of aliphatic hydroxyl groups is 2. The number of ether oxygens (including phenoxy) is 1. The van der Waals surface area contributed by atoms with E-state index in [0.717, 1.165) is 22.5 Å². The van der Waals surface area contributed by atoms with Crippen molar-refractivity contribution in [2.45, 2.75) is 26.9 Å². The first-order valence-electron chi connectivity index (χ1n) is 9.10. The van der Waals surface area contributed by atoms with Gasteiger partial charge in [0.25, 0.3) is 0 Å². The van der Waals surface area contributed by atoms with E-state index >= 15 is 0 Å². The van der Waals surface area contributed by atoms with Gasteiger partial charge in [-0.05, 0) is 31.9 Å². The summed E-state index contributed by atoms with van der Waals surface area (Å²) in [5, 5.41) is 22.0. The van der Waals surface area contributed by atoms with E-state index in [1.165, 1.54) is 0 Å². The second kappa shape index (κ2) is 8.00. The molecule has 0 amide bonds. The molecule has 1 unspecified atom stereocenters. The lowest BCUT2D eigenvalue weighted by Crippen LogP contribution is -2.23. The van der Waals surface area contributed by atoms with Gasteiger partial charge in [0.1, 0.15) is 23.9 Å². The van der Waals surface area contributed by atoms with Gasteiger partial charge in [-0.2, -0.15) is 4.98 Å². The van der Waals surface area contributed by atoms with Gasteiger partial charge in [0, 0.05) is 24.9 Å². The fourth-order valence-electron chi connectivity index (χ4n) is 3.35. The van der Waals surface area contributed by atoms with Crippen LogP contribution in [-0.4, -0.2) is 46.1 Å². The summed E-state index contributed by atoms with van der Waals surface area (Å²) in [7, 11) is 1.73. The number of aryl methyl sites for hydroxylation is 3. The van der Waals surface area contributed by atoms with Crippen LogP contribution in [0.25, 0.3) is 16.6 Å². The minimum absolute atomic E-state index is 0.124. The molecule has 1 atom stereocenters. The van der Waals surface area contributed by atoms with Crippen LogP contribution in [0.1, 0.15) is 16.8 Å². The summed E-state index contributed by atoms with van der Waals surface area (Å²) in [6.07, 6.45) is -1.05. The van der Waals surface area contributed by atoms with Crippen molar-refractivity contribution >= 4 is 16.7 Å². The van der Waals surface area contributed by atoms with Crippen LogP contribution < -0.4 is 15.5 Å². The number of rotatable bonds is 6. The number of fused-ring (bicyclic) bond motifs is 1. The van der Waals surface area contributed by atoms with Gasteiger partial charge in [0.2, 0.25) is 5.88 Å². The maximum atomic E-state index is 12.8. The Labute approximate surface area is 163 Å². The highest BCUT2D eigenvalue weighted by molar-refractivity contribution is 5.88. The van der Waals surface area contributed by atoms with E-state index in [1.807, 2.05) is 49.6 Å². The second-order valence-electron chi connectivity index (χ2n) is 6.83. The van der Waals surface area contributed by atoms with E-state index in [0.29, 0.717) is 16.7 Å². The van der Waals surface area contributed by atoms with Gasteiger partial charge in [-0.3, -0.25) is 4.79 Å². The molecule has 2 heterocycles. The van der Waals surface area contributed by atoms with Crippen molar-refractivity contribution in [2.75, 3.05) is 25.6 Å². The van der Waals surface area contributed by atoms with Crippen molar-refractivity contribution in [1.82, 2.24) is 9.55 Å². The molecule has 3 aromatic rings. The number of nitrogens with zero attached hydrogens (tertiary/aromatic N) is 2. The molecule has 2 aromatic heterocycles. The first-order valence-corrected chi connectivity index (χ1v) is 9.10. The Morgan fingerprint density at radius 1 is 1.21 bits per heavy atom. The molecule has 0 radical (unpaired) electrons. The van der Waals surface area contributed by atoms with E-state index in [9.17, 15) is 9.90 Å². The summed E-state index contributed by atoms with van der Waals surface area (Å²) in [5.41, 5.74) is 4.40. The lowest BCUT2D eigenvalue weighted by atomic mass is 10.1. The SMILES string of the molecule is CNc1cc2c(c(OCC(O)CO)n1)c(=O)cc(C)n2-c1c(C)cccc1C. The molecular formula is C21H25N3O4. The van der Waals surface area contributed by atoms with Gasteiger partial charge < -0.3 is 24.8 Å². The average Bonchev–Trinajstić information content (AvgIpc) is 2.67. The van der Waals surface area contributed by atoms with E-state index in [2.05, 4.69) is 10.3 Å². The molecule has 1 aromatic carbocycles. The van der Waals surface area contributed by atoms with E-state index in [1.54, 1.807) is 13.1 Å². The lowest BCUT2D eigenvalue weighted by molar-refractivity contribution is 0.0527. The van der Waals surface area contributed by atoms with Crippen LogP contribution >= 0.6 is 0 Å². The smallest absolute Gasteiger partial charge is 0.229 e. The van der Waals surface area contributed by atoms with Crippen molar-refractivity contribution in [1.29, 1.82) is 0 Å². The maximum absolute atomic E-state index is 12.8. The van der Waals surface area contributed by atoms with Gasteiger partial charge in [0.15, 0.2) is 5.43 Å². The molecule has 3 rings (SSSR count). The summed E-state index contributed by atoms with van der Waals surface area (Å²) in [5.74, 6) is 0.658. The molecule has 148 valence electrons. The number of nitrogens with one attached hydrogen (secondary N) is 1. The zero-order chi connectivity index (χ0) is 20.4. The maximum Gasteiger partial charge on any atom is 0.229 e. The number of aromatic nitrogens is 2. The van der Waals surface area contributed by atoms with Crippen LogP contribution in [0.3, 0.4) is 0 Å². The molecule has 3 N–H and O–H groups in total. The molecule has 28 heavy (non-hydrogen) atoms. The lowest BCUT2D eigenvalue weighted by Gasteiger charge is -2.21. The summed E-state index contributed by atoms with van der Waals surface area (Å²) in [6, 6.07) is 9.43. The Morgan fingerprint density at radius 3 is 2.50 bits per heavy atom. The zero-order valence-corrected chi connectivity index (χ0v) is 16.5. The summed E-state index contributed by atoms with van der Waals surface area (Å²) in [4.78, 5) is 17.2. The van der Waals surface area contributed by atoms with Gasteiger partial charge in [-0.1, -0.05) is 18.2 Å². The van der Waals surface area contributed by atoms with Gasteiger partial charge in [-0.15, -0.1) is 0 Å². The minimum Gasteiger partial charge on any atom is -0.474 e. The standard InChI is InChI=1S/C21H25N3O4/c1-12-6-5-7-13(2)20(12)24-14(3)8-17(27)19-16(24)9-18(22-4)23-21(19)28-11-15(26)10-25/h5-9,15,25-26H,10-11H2,1-4H3,(H,22,23). The highest BCUT2D eigenvalue weighted by atomic mass is 16.5. The molecular weight excluding hydrogens is 358 g/mol. The van der Waals surface area contributed by atoms with Crippen LogP contribution in [0.15, 0.2) is 35.1 Å². The first-order chi connectivity index (χ1) is 13.4. The number of pyridine rings is 2. The first kappa shape index (κ1) is 19.9. The summed E-state index contributed by atoms with van der Waals surface area (Å²) < 4.78 is 7.64. The Hall–Kier alpha value is -2.90. The Bertz CT molecular complexity index is 1060. The van der Waals surface area contributed by atoms with Crippen molar-refractivity contribution in [3.8, 4) is 11.6 Å². The Morgan fingerprint density at radius 2 is 1.89 bits per heavy atom. The third-order valence-corrected chi connectivity index (χ3v) is 4.69. The molecule has 0 aliphatic heterocycles. The highest BCUT2D eigenvalue weighted by Crippen LogP contribution is 2.30. The number of hydrogen-bond acceptors (Lipinski definition) is 6. The Balaban J connectivity index is 2.36. The number of para-hydroxylation sites is 1. The molecule has 0 fully saturated rings. The van der Waals surface area contributed by atoms with Crippen LogP contribution in [0.5, 0.6) is 5.88 Å². The molecule has 0 aliphatic rings. The number of anilines is 1. The predicted molar refractivity (Wildman–Crippen MR) is 110 cm³/mol. The summed E-state index contributed by atoms with van der Waals surface area (Å²) >= 11 is 0. The van der Waals surface area contributed by atoms with E-state index in [-0.39, 0.29) is 17.9 Å². The largest absolute Gasteiger partial charge is 0.474 e. The molecule has 7 nitrogen and oxygen atoms in total. The minimum atomic E-state index is -1.05. The molecule has 0 bridgehead atoms.